The molecular weight excluding hydrogens is 346 g/mol. The van der Waals surface area contributed by atoms with Crippen molar-refractivity contribution in [2.24, 2.45) is 5.92 Å². The summed E-state index contributed by atoms with van der Waals surface area (Å²) in [4.78, 5) is 0. The van der Waals surface area contributed by atoms with E-state index in [4.69, 9.17) is 11.6 Å². The second-order valence-corrected chi connectivity index (χ2v) is 9.63. The molecule has 0 saturated heterocycles. The first-order valence-electron chi connectivity index (χ1n) is 5.25. The van der Waals surface area contributed by atoms with Gasteiger partial charge in [0.2, 0.25) is 0 Å². The first-order chi connectivity index (χ1) is 7.89. The van der Waals surface area contributed by atoms with Crippen molar-refractivity contribution >= 4 is 48.9 Å². The summed E-state index contributed by atoms with van der Waals surface area (Å²) >= 11 is 10.4. The molecule has 7 heteroatoms. The molecule has 1 aliphatic carbocycles. The van der Waals surface area contributed by atoms with Gasteiger partial charge < -0.3 is 0 Å². The lowest BCUT2D eigenvalue weighted by Gasteiger charge is -2.33. The first kappa shape index (κ1) is 13.8. The molecule has 0 aliphatic heterocycles. The number of hydrogen-bond acceptors (Lipinski definition) is 3. The Bertz CT molecular complexity index is 496. The highest BCUT2D eigenvalue weighted by atomic mass is 79.9. The van der Waals surface area contributed by atoms with Crippen molar-refractivity contribution in [3.8, 4) is 0 Å². The minimum absolute atomic E-state index is 0.229. The van der Waals surface area contributed by atoms with Crippen LogP contribution in [0.1, 0.15) is 12.8 Å². The number of sulfonamides is 1. The van der Waals surface area contributed by atoms with E-state index in [2.05, 4.69) is 15.9 Å². The molecule has 1 saturated carbocycles. The minimum atomic E-state index is -3.33. The maximum absolute atomic E-state index is 12.2. The van der Waals surface area contributed by atoms with E-state index in [0.717, 1.165) is 16.6 Å². The molecule has 0 aromatic carbocycles. The van der Waals surface area contributed by atoms with Gasteiger partial charge in [0.1, 0.15) is 4.21 Å². The second-order valence-electron chi connectivity index (χ2n) is 4.28. The van der Waals surface area contributed by atoms with Crippen molar-refractivity contribution in [1.82, 2.24) is 4.31 Å². The minimum Gasteiger partial charge on any atom is -0.206 e. The number of hydrogen-bond donors (Lipinski definition) is 0. The quantitative estimate of drug-likeness (QED) is 0.775. The van der Waals surface area contributed by atoms with Crippen LogP contribution in [0.15, 0.2) is 20.1 Å². The van der Waals surface area contributed by atoms with Crippen LogP contribution in [0.4, 0.5) is 0 Å². The van der Waals surface area contributed by atoms with E-state index in [1.807, 2.05) is 0 Å². The predicted molar refractivity (Wildman–Crippen MR) is 74.2 cm³/mol. The molecule has 1 aromatic heterocycles. The summed E-state index contributed by atoms with van der Waals surface area (Å²) in [7, 11) is -1.70. The maximum Gasteiger partial charge on any atom is 0.252 e. The Balaban J connectivity index is 2.05. The molecule has 17 heavy (non-hydrogen) atoms. The Kier molecular flexibility index (Phi) is 4.20. The number of thiophene rings is 1. The molecule has 1 aliphatic rings. The van der Waals surface area contributed by atoms with Crippen molar-refractivity contribution in [2.75, 3.05) is 13.6 Å². The van der Waals surface area contributed by atoms with Crippen LogP contribution in [0.2, 0.25) is 0 Å². The number of rotatable bonds is 4. The van der Waals surface area contributed by atoms with Gasteiger partial charge in [-0.2, -0.15) is 4.31 Å². The molecular formula is C10H13BrClNO2S2. The largest absolute Gasteiger partial charge is 0.252 e. The van der Waals surface area contributed by atoms with E-state index in [9.17, 15) is 8.42 Å². The van der Waals surface area contributed by atoms with Crippen LogP contribution in [0.25, 0.3) is 0 Å². The zero-order valence-electron chi connectivity index (χ0n) is 9.27. The Labute approximate surface area is 119 Å². The fourth-order valence-corrected chi connectivity index (χ4v) is 5.83. The molecule has 1 fully saturated rings. The fraction of sp³-hybridized carbons (Fsp3) is 0.600. The molecule has 96 valence electrons. The summed E-state index contributed by atoms with van der Waals surface area (Å²) in [5, 5.41) is 0.229. The van der Waals surface area contributed by atoms with Crippen LogP contribution >= 0.6 is 38.9 Å². The van der Waals surface area contributed by atoms with Gasteiger partial charge in [-0.05, 0) is 46.8 Å². The van der Waals surface area contributed by atoms with Crippen LogP contribution in [-0.4, -0.2) is 31.7 Å². The van der Waals surface area contributed by atoms with E-state index < -0.39 is 10.0 Å². The summed E-state index contributed by atoms with van der Waals surface area (Å²) < 4.78 is 27.0. The third-order valence-corrected chi connectivity index (χ3v) is 7.18. The molecule has 0 radical (unpaired) electrons. The van der Waals surface area contributed by atoms with E-state index in [1.165, 1.54) is 15.6 Å². The summed E-state index contributed by atoms with van der Waals surface area (Å²) in [6, 6.07) is 3.38. The molecule has 0 spiro atoms. The van der Waals surface area contributed by atoms with Crippen LogP contribution in [0.3, 0.4) is 0 Å². The summed E-state index contributed by atoms with van der Waals surface area (Å²) in [6.07, 6.45) is 1.82. The van der Waals surface area contributed by atoms with Gasteiger partial charge in [-0.15, -0.1) is 22.9 Å². The van der Waals surface area contributed by atoms with E-state index >= 15 is 0 Å². The van der Waals surface area contributed by atoms with E-state index in [1.54, 1.807) is 19.2 Å². The van der Waals surface area contributed by atoms with E-state index in [-0.39, 0.29) is 5.38 Å². The highest BCUT2D eigenvalue weighted by Gasteiger charge is 2.32. The lowest BCUT2D eigenvalue weighted by atomic mass is 9.85. The van der Waals surface area contributed by atoms with Crippen molar-refractivity contribution in [1.29, 1.82) is 0 Å². The molecule has 2 rings (SSSR count). The van der Waals surface area contributed by atoms with Crippen LogP contribution < -0.4 is 0 Å². The van der Waals surface area contributed by atoms with Crippen LogP contribution in [-0.2, 0) is 10.0 Å². The maximum atomic E-state index is 12.2. The van der Waals surface area contributed by atoms with Crippen LogP contribution in [0, 0.1) is 5.92 Å². The highest BCUT2D eigenvalue weighted by molar-refractivity contribution is 9.11. The van der Waals surface area contributed by atoms with Gasteiger partial charge in [0, 0.05) is 19.0 Å². The van der Waals surface area contributed by atoms with Gasteiger partial charge in [-0.3, -0.25) is 0 Å². The topological polar surface area (TPSA) is 37.4 Å². The molecule has 0 atom stereocenters. The second kappa shape index (κ2) is 5.17. The zero-order chi connectivity index (χ0) is 12.6. The Morgan fingerprint density at radius 1 is 1.53 bits per heavy atom. The zero-order valence-corrected chi connectivity index (χ0v) is 13.2. The smallest absolute Gasteiger partial charge is 0.206 e. The SMILES string of the molecule is CN(CC1CC(Cl)C1)S(=O)(=O)c1ccc(Br)s1. The number of halogens is 2. The Hall–Kier alpha value is 0.380. The fourth-order valence-electron chi connectivity index (χ4n) is 1.86. The molecule has 0 unspecified atom stereocenters. The van der Waals surface area contributed by atoms with Gasteiger partial charge in [0.25, 0.3) is 10.0 Å². The van der Waals surface area contributed by atoms with Crippen molar-refractivity contribution < 1.29 is 8.42 Å². The lowest BCUT2D eigenvalue weighted by molar-refractivity contribution is 0.269. The van der Waals surface area contributed by atoms with Crippen molar-refractivity contribution in [3.05, 3.63) is 15.9 Å². The molecule has 0 amide bonds. The normalized spacial score (nSPS) is 24.9. The number of nitrogens with zero attached hydrogens (tertiary/aromatic N) is 1. The van der Waals surface area contributed by atoms with Gasteiger partial charge >= 0.3 is 0 Å². The predicted octanol–water partition coefficient (Wildman–Crippen LogP) is 3.15. The third kappa shape index (κ3) is 3.04. The summed E-state index contributed by atoms with van der Waals surface area (Å²) in [6.45, 7) is 0.557. The monoisotopic (exact) mass is 357 g/mol. The van der Waals surface area contributed by atoms with Gasteiger partial charge in [0.05, 0.1) is 3.79 Å². The molecule has 1 heterocycles. The standard InChI is InChI=1S/C10H13BrClNO2S2/c1-13(6-7-4-8(12)5-7)17(14,15)10-3-2-9(11)16-10/h2-3,7-8H,4-6H2,1H3. The van der Waals surface area contributed by atoms with Crippen molar-refractivity contribution in [2.45, 2.75) is 22.4 Å². The summed E-state index contributed by atoms with van der Waals surface area (Å²) in [5.41, 5.74) is 0. The Morgan fingerprint density at radius 2 is 2.18 bits per heavy atom. The molecule has 0 N–H and O–H groups in total. The molecule has 1 aromatic rings. The Morgan fingerprint density at radius 3 is 2.65 bits per heavy atom. The molecule has 3 nitrogen and oxygen atoms in total. The van der Waals surface area contributed by atoms with E-state index in [0.29, 0.717) is 16.7 Å². The van der Waals surface area contributed by atoms with Gasteiger partial charge in [-0.1, -0.05) is 0 Å². The highest BCUT2D eigenvalue weighted by Crippen LogP contribution is 2.34. The summed E-state index contributed by atoms with van der Waals surface area (Å²) in [5.74, 6) is 0.403. The van der Waals surface area contributed by atoms with Gasteiger partial charge in [-0.25, -0.2) is 8.42 Å². The van der Waals surface area contributed by atoms with Gasteiger partial charge in [0.15, 0.2) is 0 Å². The van der Waals surface area contributed by atoms with Crippen LogP contribution in [0.5, 0.6) is 0 Å². The lowest BCUT2D eigenvalue weighted by Crippen LogP contribution is -2.37. The molecule has 0 bridgehead atoms. The average Bonchev–Trinajstić information content (AvgIpc) is 2.63. The third-order valence-electron chi connectivity index (χ3n) is 2.91. The average molecular weight is 359 g/mol. The first-order valence-corrected chi connectivity index (χ1v) is 8.74. The number of alkyl halides is 1. The van der Waals surface area contributed by atoms with Crippen molar-refractivity contribution in [3.63, 3.8) is 0 Å².